The number of pyridine rings is 2. The van der Waals surface area contributed by atoms with Gasteiger partial charge in [0.1, 0.15) is 5.82 Å². The average Bonchev–Trinajstić information content (AvgIpc) is 2.69. The first-order chi connectivity index (χ1) is 12.8. The summed E-state index contributed by atoms with van der Waals surface area (Å²) in [4.78, 5) is 9.21. The van der Waals surface area contributed by atoms with E-state index >= 15 is 0 Å². The van der Waals surface area contributed by atoms with Gasteiger partial charge in [-0.25, -0.2) is 9.97 Å². The molecule has 26 heavy (non-hydrogen) atoms. The highest BCUT2D eigenvalue weighted by Crippen LogP contribution is 2.32. The molecule has 0 aliphatic carbocycles. The first-order valence-corrected chi connectivity index (χ1v) is 8.52. The van der Waals surface area contributed by atoms with Gasteiger partial charge < -0.3 is 10.1 Å². The molecule has 0 radical (unpaired) electrons. The van der Waals surface area contributed by atoms with Crippen molar-refractivity contribution in [3.63, 3.8) is 0 Å². The van der Waals surface area contributed by atoms with Gasteiger partial charge in [-0.3, -0.25) is 0 Å². The van der Waals surface area contributed by atoms with Crippen LogP contribution >= 0.6 is 0 Å². The summed E-state index contributed by atoms with van der Waals surface area (Å²) in [6.07, 6.45) is 2.53. The quantitative estimate of drug-likeness (QED) is 0.556. The number of nitrogens with one attached hydrogen (secondary N) is 1. The summed E-state index contributed by atoms with van der Waals surface area (Å²) in [6, 6.07) is 24.4. The first-order valence-electron chi connectivity index (χ1n) is 8.52. The van der Waals surface area contributed by atoms with E-state index in [-0.39, 0.29) is 0 Å². The van der Waals surface area contributed by atoms with E-state index in [1.54, 1.807) is 13.3 Å². The largest absolute Gasteiger partial charge is 0.480 e. The lowest BCUT2D eigenvalue weighted by atomic mass is 10.1. The Morgan fingerprint density at radius 1 is 0.923 bits per heavy atom. The maximum Gasteiger partial charge on any atom is 0.224 e. The van der Waals surface area contributed by atoms with Crippen LogP contribution in [0.1, 0.15) is 11.3 Å². The zero-order valence-electron chi connectivity index (χ0n) is 14.5. The monoisotopic (exact) mass is 341 g/mol. The van der Waals surface area contributed by atoms with E-state index in [0.29, 0.717) is 5.88 Å². The van der Waals surface area contributed by atoms with E-state index in [1.807, 2.05) is 54.6 Å². The number of methoxy groups -OCH3 is 1. The Morgan fingerprint density at radius 2 is 1.65 bits per heavy atom. The summed E-state index contributed by atoms with van der Waals surface area (Å²) in [5, 5.41) is 5.35. The summed E-state index contributed by atoms with van der Waals surface area (Å²) in [6.45, 7) is 0. The zero-order chi connectivity index (χ0) is 17.8. The summed E-state index contributed by atoms with van der Waals surface area (Å²) in [5.41, 5.74) is 3.20. The highest BCUT2D eigenvalue weighted by Gasteiger charge is 2.13. The summed E-state index contributed by atoms with van der Waals surface area (Å²) < 4.78 is 5.47. The standard InChI is InChI=1S/C22H19N3O/c1-26-22-20-17(12-13-23-22)15-19(14-16-8-4-2-5-9-16)25-21(20)24-18-10-6-3-7-11-18/h2-13,15H,14H2,1H3,(H,24,25). The molecule has 0 amide bonds. The van der Waals surface area contributed by atoms with Crippen LogP contribution in [0.5, 0.6) is 5.88 Å². The number of hydrogen-bond donors (Lipinski definition) is 1. The fourth-order valence-electron chi connectivity index (χ4n) is 3.03. The van der Waals surface area contributed by atoms with Crippen LogP contribution in [0.25, 0.3) is 10.8 Å². The van der Waals surface area contributed by atoms with Crippen molar-refractivity contribution < 1.29 is 4.74 Å². The van der Waals surface area contributed by atoms with Crippen LogP contribution in [0.15, 0.2) is 79.0 Å². The third-order valence-electron chi connectivity index (χ3n) is 4.22. The molecule has 2 aromatic carbocycles. The Morgan fingerprint density at radius 3 is 2.38 bits per heavy atom. The SMILES string of the molecule is COc1nccc2cc(Cc3ccccc3)nc(Nc3ccccc3)c12. The van der Waals surface area contributed by atoms with E-state index in [4.69, 9.17) is 9.72 Å². The van der Waals surface area contributed by atoms with Gasteiger partial charge in [0.2, 0.25) is 5.88 Å². The van der Waals surface area contributed by atoms with Gasteiger partial charge >= 0.3 is 0 Å². The third-order valence-corrected chi connectivity index (χ3v) is 4.22. The van der Waals surface area contributed by atoms with Gasteiger partial charge in [-0.2, -0.15) is 0 Å². The fraction of sp³-hybridized carbons (Fsp3) is 0.0909. The molecule has 2 heterocycles. The molecule has 4 rings (SSSR count). The lowest BCUT2D eigenvalue weighted by Gasteiger charge is -2.13. The van der Waals surface area contributed by atoms with Crippen molar-refractivity contribution in [2.75, 3.05) is 12.4 Å². The Balaban J connectivity index is 1.82. The first kappa shape index (κ1) is 16.1. The molecule has 0 aliphatic heterocycles. The number of nitrogens with zero attached hydrogens (tertiary/aromatic N) is 2. The second-order valence-electron chi connectivity index (χ2n) is 6.03. The van der Waals surface area contributed by atoms with Gasteiger partial charge in [0.25, 0.3) is 0 Å². The number of aromatic nitrogens is 2. The highest BCUT2D eigenvalue weighted by atomic mass is 16.5. The lowest BCUT2D eigenvalue weighted by Crippen LogP contribution is -2.01. The molecule has 0 bridgehead atoms. The van der Waals surface area contributed by atoms with Crippen molar-refractivity contribution >= 4 is 22.3 Å². The molecule has 4 aromatic rings. The number of rotatable bonds is 5. The highest BCUT2D eigenvalue weighted by molar-refractivity contribution is 5.97. The molecular formula is C22H19N3O. The summed E-state index contributed by atoms with van der Waals surface area (Å²) in [7, 11) is 1.63. The Bertz CT molecular complexity index is 1020. The molecule has 0 saturated carbocycles. The Labute approximate surface area is 152 Å². The van der Waals surface area contributed by atoms with Gasteiger partial charge in [-0.15, -0.1) is 0 Å². The second-order valence-corrected chi connectivity index (χ2v) is 6.03. The van der Waals surface area contributed by atoms with Crippen LogP contribution in [0, 0.1) is 0 Å². The maximum absolute atomic E-state index is 5.47. The number of para-hydroxylation sites is 1. The number of ether oxygens (including phenoxy) is 1. The van der Waals surface area contributed by atoms with Crippen molar-refractivity contribution in [2.45, 2.75) is 6.42 Å². The Kier molecular flexibility index (Phi) is 4.48. The Hall–Kier alpha value is -3.40. The maximum atomic E-state index is 5.47. The lowest BCUT2D eigenvalue weighted by molar-refractivity contribution is 0.403. The smallest absolute Gasteiger partial charge is 0.224 e. The minimum Gasteiger partial charge on any atom is -0.480 e. The van der Waals surface area contributed by atoms with Crippen LogP contribution in [-0.4, -0.2) is 17.1 Å². The van der Waals surface area contributed by atoms with Crippen molar-refractivity contribution in [1.29, 1.82) is 0 Å². The second kappa shape index (κ2) is 7.23. The molecule has 128 valence electrons. The minimum atomic E-state index is 0.569. The molecule has 1 N–H and O–H groups in total. The van der Waals surface area contributed by atoms with Gasteiger partial charge in [0, 0.05) is 24.0 Å². The van der Waals surface area contributed by atoms with Gasteiger partial charge in [-0.05, 0) is 35.2 Å². The van der Waals surface area contributed by atoms with Crippen LogP contribution in [0.2, 0.25) is 0 Å². The van der Waals surface area contributed by atoms with E-state index in [0.717, 1.165) is 34.4 Å². The van der Waals surface area contributed by atoms with E-state index in [2.05, 4.69) is 28.5 Å². The molecule has 0 aliphatic rings. The third kappa shape index (κ3) is 3.35. The van der Waals surface area contributed by atoms with Gasteiger partial charge in [0.15, 0.2) is 0 Å². The van der Waals surface area contributed by atoms with Crippen molar-refractivity contribution in [2.24, 2.45) is 0 Å². The molecule has 4 heteroatoms. The minimum absolute atomic E-state index is 0.569. The molecule has 0 saturated heterocycles. The van der Waals surface area contributed by atoms with Crippen LogP contribution in [0.3, 0.4) is 0 Å². The summed E-state index contributed by atoms with van der Waals surface area (Å²) >= 11 is 0. The fourth-order valence-corrected chi connectivity index (χ4v) is 3.03. The van der Waals surface area contributed by atoms with Crippen molar-refractivity contribution in [3.05, 3.63) is 90.3 Å². The molecule has 4 nitrogen and oxygen atoms in total. The average molecular weight is 341 g/mol. The molecule has 0 atom stereocenters. The van der Waals surface area contributed by atoms with Crippen molar-refractivity contribution in [1.82, 2.24) is 9.97 Å². The predicted molar refractivity (Wildman–Crippen MR) is 105 cm³/mol. The topological polar surface area (TPSA) is 47.0 Å². The number of anilines is 2. The van der Waals surface area contributed by atoms with Crippen LogP contribution < -0.4 is 10.1 Å². The van der Waals surface area contributed by atoms with E-state index < -0.39 is 0 Å². The summed E-state index contributed by atoms with van der Waals surface area (Å²) in [5.74, 6) is 1.32. The number of benzene rings is 2. The molecule has 0 spiro atoms. The van der Waals surface area contributed by atoms with E-state index in [9.17, 15) is 0 Å². The van der Waals surface area contributed by atoms with E-state index in [1.165, 1.54) is 5.56 Å². The van der Waals surface area contributed by atoms with Gasteiger partial charge in [0.05, 0.1) is 12.5 Å². The molecular weight excluding hydrogens is 322 g/mol. The molecule has 0 fully saturated rings. The van der Waals surface area contributed by atoms with Crippen LogP contribution in [-0.2, 0) is 6.42 Å². The zero-order valence-corrected chi connectivity index (χ0v) is 14.5. The van der Waals surface area contributed by atoms with Crippen LogP contribution in [0.4, 0.5) is 11.5 Å². The molecule has 0 unspecified atom stereocenters. The molecule has 2 aromatic heterocycles. The number of fused-ring (bicyclic) bond motifs is 1. The predicted octanol–water partition coefficient (Wildman–Crippen LogP) is 4.97. The number of hydrogen-bond acceptors (Lipinski definition) is 4. The van der Waals surface area contributed by atoms with Crippen molar-refractivity contribution in [3.8, 4) is 5.88 Å². The normalized spacial score (nSPS) is 10.7. The van der Waals surface area contributed by atoms with Gasteiger partial charge in [-0.1, -0.05) is 48.5 Å².